The van der Waals surface area contributed by atoms with Crippen LogP contribution in [0.15, 0.2) is 25.0 Å². The summed E-state index contributed by atoms with van der Waals surface area (Å²) in [6.45, 7) is 5.28. The zero-order chi connectivity index (χ0) is 25.3. The molecule has 0 fully saturated rings. The molecule has 0 aliphatic heterocycles. The van der Waals surface area contributed by atoms with E-state index in [1.807, 2.05) is 13.8 Å². The van der Waals surface area contributed by atoms with E-state index in [1.54, 1.807) is 0 Å². The minimum Gasteiger partial charge on any atom is -0.480 e. The number of nitrogens with zero attached hydrogens (tertiary/aromatic N) is 2. The number of H-pyrrole nitrogens is 2. The number of nitrogens with two attached hydrogens (primary N) is 1. The second-order valence-electron chi connectivity index (χ2n) is 8.50. The second kappa shape index (κ2) is 12.5. The lowest BCUT2D eigenvalue weighted by Crippen LogP contribution is -2.57. The topological polar surface area (TPSA) is 208 Å². The number of carbonyl (C=O) groups excluding carboxylic acids is 3. The van der Waals surface area contributed by atoms with Crippen molar-refractivity contribution in [1.82, 2.24) is 35.9 Å². The molecule has 0 aliphatic carbocycles. The van der Waals surface area contributed by atoms with Gasteiger partial charge < -0.3 is 36.8 Å². The normalized spacial score (nSPS) is 14.6. The average Bonchev–Trinajstić information content (AvgIpc) is 3.45. The van der Waals surface area contributed by atoms with Gasteiger partial charge in [0.05, 0.1) is 18.7 Å². The fourth-order valence-electron chi connectivity index (χ4n) is 3.19. The minimum absolute atomic E-state index is 0.0216. The van der Waals surface area contributed by atoms with Crippen LogP contribution in [-0.2, 0) is 32.0 Å². The van der Waals surface area contributed by atoms with Crippen molar-refractivity contribution in [3.8, 4) is 0 Å². The van der Waals surface area contributed by atoms with E-state index >= 15 is 0 Å². The largest absolute Gasteiger partial charge is 0.480 e. The molecular weight excluding hydrogens is 444 g/mol. The van der Waals surface area contributed by atoms with E-state index in [0.717, 1.165) is 0 Å². The van der Waals surface area contributed by atoms with Gasteiger partial charge in [0, 0.05) is 36.6 Å². The van der Waals surface area contributed by atoms with Gasteiger partial charge in [0.2, 0.25) is 17.7 Å². The summed E-state index contributed by atoms with van der Waals surface area (Å²) in [6, 6.07) is -4.11. The molecule has 2 rings (SSSR count). The Morgan fingerprint density at radius 1 is 0.853 bits per heavy atom. The van der Waals surface area contributed by atoms with Gasteiger partial charge in [0.15, 0.2) is 0 Å². The molecular formula is C21H32N8O5. The minimum atomic E-state index is -1.25. The summed E-state index contributed by atoms with van der Waals surface area (Å²) in [4.78, 5) is 63.4. The summed E-state index contributed by atoms with van der Waals surface area (Å²) < 4.78 is 0. The molecule has 2 aromatic rings. The number of hydrogen-bond acceptors (Lipinski definition) is 7. The van der Waals surface area contributed by atoms with Crippen LogP contribution in [0.1, 0.15) is 38.6 Å². The smallest absolute Gasteiger partial charge is 0.326 e. The van der Waals surface area contributed by atoms with Gasteiger partial charge in [-0.2, -0.15) is 0 Å². The van der Waals surface area contributed by atoms with E-state index in [0.29, 0.717) is 17.8 Å². The molecule has 34 heavy (non-hydrogen) atoms. The van der Waals surface area contributed by atoms with Crippen LogP contribution in [0, 0.1) is 5.92 Å². The third-order valence-corrected chi connectivity index (χ3v) is 4.96. The molecule has 4 unspecified atom stereocenters. The predicted octanol–water partition coefficient (Wildman–Crippen LogP) is -1.15. The number of carboxylic acids is 1. The summed E-state index contributed by atoms with van der Waals surface area (Å²) in [6.07, 6.45) is 6.12. The maximum atomic E-state index is 13.1. The number of rotatable bonds is 13. The highest BCUT2D eigenvalue weighted by atomic mass is 16.4. The van der Waals surface area contributed by atoms with Gasteiger partial charge in [-0.25, -0.2) is 14.8 Å². The van der Waals surface area contributed by atoms with Crippen LogP contribution < -0.4 is 21.7 Å². The molecule has 2 heterocycles. The van der Waals surface area contributed by atoms with Crippen LogP contribution in [0.25, 0.3) is 0 Å². The molecule has 0 aromatic carbocycles. The molecule has 8 N–H and O–H groups in total. The van der Waals surface area contributed by atoms with Crippen molar-refractivity contribution in [2.75, 3.05) is 0 Å². The Morgan fingerprint density at radius 3 is 1.76 bits per heavy atom. The summed E-state index contributed by atoms with van der Waals surface area (Å²) in [5, 5.41) is 17.3. The summed E-state index contributed by atoms with van der Waals surface area (Å²) in [5.41, 5.74) is 6.69. The van der Waals surface area contributed by atoms with Crippen molar-refractivity contribution in [2.24, 2.45) is 11.7 Å². The third-order valence-electron chi connectivity index (χ3n) is 4.96. The van der Waals surface area contributed by atoms with Crippen molar-refractivity contribution in [3.63, 3.8) is 0 Å². The molecule has 13 nitrogen and oxygen atoms in total. The maximum Gasteiger partial charge on any atom is 0.326 e. The number of aliphatic carboxylic acids is 1. The van der Waals surface area contributed by atoms with Crippen molar-refractivity contribution in [3.05, 3.63) is 36.4 Å². The van der Waals surface area contributed by atoms with Gasteiger partial charge in [-0.3, -0.25) is 14.4 Å². The first-order valence-corrected chi connectivity index (χ1v) is 10.9. The van der Waals surface area contributed by atoms with Crippen LogP contribution in [-0.4, -0.2) is 72.9 Å². The lowest BCUT2D eigenvalue weighted by molar-refractivity contribution is -0.142. The number of aromatic nitrogens is 4. The first kappa shape index (κ1) is 26.5. The molecule has 0 aliphatic rings. The molecule has 186 valence electrons. The molecule has 0 bridgehead atoms. The predicted molar refractivity (Wildman–Crippen MR) is 121 cm³/mol. The molecule has 0 spiro atoms. The van der Waals surface area contributed by atoms with E-state index in [9.17, 15) is 24.3 Å². The summed E-state index contributed by atoms with van der Waals surface area (Å²) in [5.74, 6) is -2.95. The highest BCUT2D eigenvalue weighted by Gasteiger charge is 2.31. The molecule has 3 amide bonds. The Kier molecular flexibility index (Phi) is 9.74. The van der Waals surface area contributed by atoms with E-state index in [2.05, 4.69) is 35.9 Å². The van der Waals surface area contributed by atoms with Crippen LogP contribution in [0.2, 0.25) is 0 Å². The van der Waals surface area contributed by atoms with E-state index < -0.39 is 47.9 Å². The average molecular weight is 477 g/mol. The summed E-state index contributed by atoms with van der Waals surface area (Å²) in [7, 11) is 0. The lowest BCUT2D eigenvalue weighted by atomic mass is 10.0. The van der Waals surface area contributed by atoms with Crippen LogP contribution in [0.5, 0.6) is 0 Å². The van der Waals surface area contributed by atoms with Gasteiger partial charge in [-0.15, -0.1) is 0 Å². The number of aromatic amines is 2. The standard InChI is InChI=1S/C21H32N8O5/c1-11(2)4-15(27-18(30)12(3)22)19(31)28-16(5-13-7-23-9-25-13)20(32)29-17(21(33)34)6-14-8-24-10-26-14/h7-12,15-17H,4-6,22H2,1-3H3,(H,23,25)(H,24,26)(H,27,30)(H,28,31)(H,29,32)(H,33,34). The summed E-state index contributed by atoms with van der Waals surface area (Å²) >= 11 is 0. The first-order valence-electron chi connectivity index (χ1n) is 10.9. The van der Waals surface area contributed by atoms with Crippen LogP contribution in [0.3, 0.4) is 0 Å². The number of hydrogen-bond donors (Lipinski definition) is 7. The fraction of sp³-hybridized carbons (Fsp3) is 0.524. The lowest BCUT2D eigenvalue weighted by Gasteiger charge is -2.25. The number of amides is 3. The molecule has 0 radical (unpaired) electrons. The van der Waals surface area contributed by atoms with Crippen molar-refractivity contribution < 1.29 is 24.3 Å². The van der Waals surface area contributed by atoms with Crippen molar-refractivity contribution in [2.45, 2.75) is 64.2 Å². The Morgan fingerprint density at radius 2 is 1.32 bits per heavy atom. The quantitative estimate of drug-likeness (QED) is 0.187. The highest BCUT2D eigenvalue weighted by Crippen LogP contribution is 2.08. The van der Waals surface area contributed by atoms with Crippen LogP contribution in [0.4, 0.5) is 0 Å². The van der Waals surface area contributed by atoms with Gasteiger partial charge in [-0.05, 0) is 19.3 Å². The molecule has 0 saturated heterocycles. The first-order chi connectivity index (χ1) is 16.1. The molecule has 2 aromatic heterocycles. The zero-order valence-corrected chi connectivity index (χ0v) is 19.4. The monoisotopic (exact) mass is 476 g/mol. The number of nitrogens with one attached hydrogen (secondary N) is 5. The van der Waals surface area contributed by atoms with Gasteiger partial charge in [-0.1, -0.05) is 13.8 Å². The second-order valence-corrected chi connectivity index (χ2v) is 8.50. The Hall–Kier alpha value is -3.74. The SMILES string of the molecule is CC(C)CC(NC(=O)C(C)N)C(=O)NC(Cc1cnc[nH]1)C(=O)NC(Cc1cnc[nH]1)C(=O)O. The Balaban J connectivity index is 2.19. The zero-order valence-electron chi connectivity index (χ0n) is 19.4. The van der Waals surface area contributed by atoms with E-state index in [-0.39, 0.29) is 18.8 Å². The number of carbonyl (C=O) groups is 4. The molecule has 0 saturated carbocycles. The Labute approximate surface area is 196 Å². The maximum absolute atomic E-state index is 13.1. The number of imidazole rings is 2. The Bertz CT molecular complexity index is 943. The van der Waals surface area contributed by atoms with Gasteiger partial charge in [0.1, 0.15) is 18.1 Å². The van der Waals surface area contributed by atoms with Crippen molar-refractivity contribution in [1.29, 1.82) is 0 Å². The van der Waals surface area contributed by atoms with Crippen molar-refractivity contribution >= 4 is 23.7 Å². The third kappa shape index (κ3) is 8.31. The fourth-order valence-corrected chi connectivity index (χ4v) is 3.19. The highest BCUT2D eigenvalue weighted by molar-refractivity contribution is 5.94. The van der Waals surface area contributed by atoms with E-state index in [4.69, 9.17) is 5.73 Å². The van der Waals surface area contributed by atoms with Gasteiger partial charge >= 0.3 is 5.97 Å². The van der Waals surface area contributed by atoms with E-state index in [1.165, 1.54) is 32.0 Å². The number of carboxylic acid groups (broad SMARTS) is 1. The molecule has 4 atom stereocenters. The van der Waals surface area contributed by atoms with Crippen LogP contribution >= 0.6 is 0 Å². The van der Waals surface area contributed by atoms with Gasteiger partial charge in [0.25, 0.3) is 0 Å². The molecule has 13 heteroatoms.